The molecule has 0 unspecified atom stereocenters. The second kappa shape index (κ2) is 9.66. The lowest BCUT2D eigenvalue weighted by Gasteiger charge is -2.20. The molecule has 1 fully saturated rings. The van der Waals surface area contributed by atoms with Crippen molar-refractivity contribution in [2.24, 2.45) is 0 Å². The van der Waals surface area contributed by atoms with Gasteiger partial charge in [-0.1, -0.05) is 43.3 Å². The van der Waals surface area contributed by atoms with E-state index < -0.39 is 0 Å². The number of halogens is 2. The number of aromatic nitrogens is 3. The van der Waals surface area contributed by atoms with Crippen molar-refractivity contribution >= 4 is 23.4 Å². The number of rotatable bonds is 4. The minimum atomic E-state index is -0.345. The summed E-state index contributed by atoms with van der Waals surface area (Å²) in [5.74, 6) is -0.277. The highest BCUT2D eigenvalue weighted by Gasteiger charge is 2.11. The lowest BCUT2D eigenvalue weighted by atomic mass is 9.96. The molecule has 2 aromatic heterocycles. The number of nitrogens with one attached hydrogen (secondary N) is 2. The Bertz CT molecular complexity index is 861. The minimum Gasteiger partial charge on any atom is -0.261 e. The van der Waals surface area contributed by atoms with Crippen LogP contribution in [-0.2, 0) is 0 Å². The largest absolute Gasteiger partial charge is 0.261 e. The molecule has 8 heteroatoms. The Hall–Kier alpha value is -2.19. The van der Waals surface area contributed by atoms with Crippen LogP contribution in [-0.4, -0.2) is 26.9 Å². The monoisotopic (exact) mass is 391 g/mol. The summed E-state index contributed by atoms with van der Waals surface area (Å²) in [6, 6.07) is 9.98. The Morgan fingerprint density at radius 2 is 1.96 bits per heavy atom. The van der Waals surface area contributed by atoms with E-state index in [-0.39, 0.29) is 11.6 Å². The number of imidazole rings is 1. The smallest absolute Gasteiger partial charge is 0.175 e. The van der Waals surface area contributed by atoms with Gasteiger partial charge in [-0.25, -0.2) is 19.4 Å². The average Bonchev–Trinajstić information content (AvgIpc) is 3.13. The van der Waals surface area contributed by atoms with Gasteiger partial charge in [0.05, 0.1) is 11.9 Å². The van der Waals surface area contributed by atoms with Crippen LogP contribution in [0.4, 0.5) is 14.7 Å². The van der Waals surface area contributed by atoms with Gasteiger partial charge in [-0.15, -0.1) is 9.58 Å². The van der Waals surface area contributed by atoms with Crippen LogP contribution in [0.1, 0.15) is 32.1 Å². The molecule has 0 spiro atoms. The van der Waals surface area contributed by atoms with Crippen molar-refractivity contribution in [1.82, 2.24) is 19.3 Å². The number of anilines is 1. The molecule has 0 saturated heterocycles. The molecular weight excluding hydrogens is 368 g/mol. The molecular formula is C19H23F2N5S. The van der Waals surface area contributed by atoms with Gasteiger partial charge >= 0.3 is 0 Å². The molecule has 2 heterocycles. The number of benzene rings is 1. The van der Waals surface area contributed by atoms with Crippen molar-refractivity contribution in [3.8, 4) is 11.3 Å². The van der Waals surface area contributed by atoms with Crippen LogP contribution < -0.4 is 10.3 Å². The summed E-state index contributed by atoms with van der Waals surface area (Å²) in [5.41, 5.74) is 3.26. The van der Waals surface area contributed by atoms with Crippen LogP contribution in [0.15, 0.2) is 42.6 Å². The van der Waals surface area contributed by atoms with Crippen molar-refractivity contribution in [3.63, 3.8) is 0 Å². The summed E-state index contributed by atoms with van der Waals surface area (Å²) >= 11 is 1.76. The predicted octanol–water partition coefficient (Wildman–Crippen LogP) is 5.02. The lowest BCUT2D eigenvalue weighted by Crippen LogP contribution is -2.24. The van der Waals surface area contributed by atoms with Crippen LogP contribution >= 0.6 is 11.9 Å². The molecule has 1 aromatic carbocycles. The van der Waals surface area contributed by atoms with Gasteiger partial charge in [0.1, 0.15) is 5.82 Å². The quantitative estimate of drug-likeness (QED) is 0.483. The van der Waals surface area contributed by atoms with E-state index in [1.54, 1.807) is 36.3 Å². The molecule has 144 valence electrons. The molecule has 0 aliphatic heterocycles. The first-order valence-corrected chi connectivity index (χ1v) is 10.2. The molecule has 1 saturated carbocycles. The van der Waals surface area contributed by atoms with E-state index in [1.165, 1.54) is 60.4 Å². The summed E-state index contributed by atoms with van der Waals surface area (Å²) < 4.78 is 30.4. The zero-order chi connectivity index (χ0) is 19.1. The highest BCUT2D eigenvalue weighted by molar-refractivity contribution is 7.96. The maximum atomic E-state index is 13.2. The third kappa shape index (κ3) is 5.17. The molecule has 27 heavy (non-hydrogen) atoms. The van der Waals surface area contributed by atoms with Crippen molar-refractivity contribution in [3.05, 3.63) is 48.4 Å². The summed E-state index contributed by atoms with van der Waals surface area (Å²) in [6.07, 6.45) is 10.8. The Kier molecular flexibility index (Phi) is 7.00. The zero-order valence-electron chi connectivity index (χ0n) is 15.2. The third-order valence-corrected chi connectivity index (χ3v) is 5.04. The predicted molar refractivity (Wildman–Crippen MR) is 107 cm³/mol. The first-order chi connectivity index (χ1) is 13.2. The molecule has 4 rings (SSSR count). The molecule has 5 nitrogen and oxygen atoms in total. The summed E-state index contributed by atoms with van der Waals surface area (Å²) in [4.78, 5) is 4.13. The van der Waals surface area contributed by atoms with Gasteiger partial charge in [-0.05, 0) is 43.4 Å². The molecule has 0 radical (unpaired) electrons. The summed E-state index contributed by atoms with van der Waals surface area (Å²) in [6.45, 7) is 0. The first kappa shape index (κ1) is 19.6. The SMILES string of the molecule is CSNC1CCCCC1.FNc1ccc2ncc(-c3cccc(F)c3)n2n1. The normalized spacial score (nSPS) is 14.6. The fraction of sp³-hybridized carbons (Fsp3) is 0.368. The van der Waals surface area contributed by atoms with Crippen molar-refractivity contribution in [1.29, 1.82) is 0 Å². The number of nitrogens with zero attached hydrogens (tertiary/aromatic N) is 3. The van der Waals surface area contributed by atoms with Crippen LogP contribution in [0.3, 0.4) is 0 Å². The first-order valence-electron chi connectivity index (χ1n) is 8.97. The second-order valence-electron chi connectivity index (χ2n) is 6.39. The van der Waals surface area contributed by atoms with Crippen molar-refractivity contribution in [2.45, 2.75) is 38.1 Å². The summed E-state index contributed by atoms with van der Waals surface area (Å²) in [7, 11) is 0. The molecule has 0 amide bonds. The topological polar surface area (TPSA) is 54.2 Å². The Morgan fingerprint density at radius 1 is 1.15 bits per heavy atom. The molecule has 2 N–H and O–H groups in total. The van der Waals surface area contributed by atoms with E-state index in [1.807, 2.05) is 0 Å². The van der Waals surface area contributed by atoms with Crippen LogP contribution in [0, 0.1) is 5.82 Å². The van der Waals surface area contributed by atoms with Crippen molar-refractivity contribution < 1.29 is 8.87 Å². The highest BCUT2D eigenvalue weighted by atomic mass is 32.2. The Balaban J connectivity index is 0.000000197. The number of hydrogen-bond acceptors (Lipinski definition) is 5. The molecule has 3 aromatic rings. The Labute approximate surface area is 161 Å². The number of fused-ring (bicyclic) bond motifs is 1. The van der Waals surface area contributed by atoms with Gasteiger partial charge in [0.25, 0.3) is 0 Å². The zero-order valence-corrected chi connectivity index (χ0v) is 16.0. The van der Waals surface area contributed by atoms with Gasteiger partial charge < -0.3 is 0 Å². The fourth-order valence-corrected chi connectivity index (χ4v) is 3.72. The molecule has 0 atom stereocenters. The fourth-order valence-electron chi connectivity index (χ4n) is 3.16. The van der Waals surface area contributed by atoms with Gasteiger partial charge in [-0.3, -0.25) is 4.72 Å². The number of hydrogen-bond donors (Lipinski definition) is 2. The van der Waals surface area contributed by atoms with E-state index in [0.717, 1.165) is 6.04 Å². The maximum Gasteiger partial charge on any atom is 0.175 e. The maximum absolute atomic E-state index is 13.2. The van der Waals surface area contributed by atoms with Gasteiger partial charge in [0.2, 0.25) is 0 Å². The van der Waals surface area contributed by atoms with E-state index in [0.29, 0.717) is 16.9 Å². The average molecular weight is 391 g/mol. The van der Waals surface area contributed by atoms with E-state index in [2.05, 4.69) is 21.1 Å². The van der Waals surface area contributed by atoms with E-state index >= 15 is 0 Å². The van der Waals surface area contributed by atoms with Gasteiger partial charge in [0, 0.05) is 11.6 Å². The lowest BCUT2D eigenvalue weighted by molar-refractivity contribution is 0.424. The second-order valence-corrected chi connectivity index (χ2v) is 7.04. The third-order valence-electron chi connectivity index (χ3n) is 4.47. The van der Waals surface area contributed by atoms with E-state index in [4.69, 9.17) is 0 Å². The standard InChI is InChI=1S/C12H8F2N4.C7H15NS/c13-9-3-1-2-8(6-9)10-7-15-12-5-4-11(16-14)17-18(10)12;1-9-8-7-5-3-2-4-6-7/h1-7H,(H,16,17);7-8H,2-6H2,1H3. The van der Waals surface area contributed by atoms with Crippen LogP contribution in [0.25, 0.3) is 16.9 Å². The van der Waals surface area contributed by atoms with Crippen molar-refractivity contribution in [2.75, 3.05) is 11.8 Å². The summed E-state index contributed by atoms with van der Waals surface area (Å²) in [5, 5.41) is 4.01. The molecule has 1 aliphatic rings. The minimum absolute atomic E-state index is 0.0677. The van der Waals surface area contributed by atoms with Crippen LogP contribution in [0.5, 0.6) is 0 Å². The van der Waals surface area contributed by atoms with Gasteiger partial charge in [0.15, 0.2) is 11.5 Å². The van der Waals surface area contributed by atoms with E-state index in [9.17, 15) is 8.87 Å². The highest BCUT2D eigenvalue weighted by Crippen LogP contribution is 2.21. The van der Waals surface area contributed by atoms with Crippen LogP contribution in [0.2, 0.25) is 0 Å². The Morgan fingerprint density at radius 3 is 2.67 bits per heavy atom. The van der Waals surface area contributed by atoms with Gasteiger partial charge in [-0.2, -0.15) is 0 Å². The molecule has 1 aliphatic carbocycles. The molecule has 0 bridgehead atoms.